The van der Waals surface area contributed by atoms with Crippen LogP contribution in [0.1, 0.15) is 99.0 Å². The van der Waals surface area contributed by atoms with Crippen molar-refractivity contribution in [2.45, 2.75) is 124 Å². The van der Waals surface area contributed by atoms with E-state index >= 15 is 0 Å². The van der Waals surface area contributed by atoms with Crippen LogP contribution in [-0.4, -0.2) is 64.9 Å². The standard InChI is InChI=1S/C39H56N4O5/c1-24(2)22-31(40)20-19-30(23-29-14-9-8-10-15-29)39(48)43-21-13-18-34(43)38(47)42-33(37(46)41-25(3)4)17-12-11-16-32-28(7)35(44)26(5)27(6)36(32)45/h8-10,14-15,19-20,24-25,30-31,33-34H,11-13,16-18,21-23,40H2,1-7H3,(H,41,46)(H,42,47)/b20-19+/t30-,31-,33?,34?/m1/s1. The lowest BCUT2D eigenvalue weighted by Gasteiger charge is -2.29. The van der Waals surface area contributed by atoms with Crippen molar-refractivity contribution >= 4 is 29.3 Å². The van der Waals surface area contributed by atoms with Crippen LogP contribution in [0.15, 0.2) is 64.8 Å². The zero-order valence-corrected chi connectivity index (χ0v) is 29.9. The maximum absolute atomic E-state index is 14.1. The van der Waals surface area contributed by atoms with Crippen molar-refractivity contribution in [3.8, 4) is 0 Å². The van der Waals surface area contributed by atoms with Crippen molar-refractivity contribution in [2.24, 2.45) is 17.6 Å². The number of nitrogens with two attached hydrogens (primary N) is 1. The molecular formula is C39H56N4O5. The molecular weight excluding hydrogens is 604 g/mol. The zero-order valence-electron chi connectivity index (χ0n) is 29.9. The van der Waals surface area contributed by atoms with E-state index < -0.39 is 18.0 Å². The number of allylic oxidation sites excluding steroid dienone is 4. The van der Waals surface area contributed by atoms with Crippen LogP contribution >= 0.6 is 0 Å². The van der Waals surface area contributed by atoms with Crippen molar-refractivity contribution in [3.63, 3.8) is 0 Å². The Morgan fingerprint density at radius 3 is 2.23 bits per heavy atom. The van der Waals surface area contributed by atoms with E-state index in [1.54, 1.807) is 25.7 Å². The molecule has 262 valence electrons. The molecule has 3 amide bonds. The van der Waals surface area contributed by atoms with Gasteiger partial charge in [-0.25, -0.2) is 0 Å². The first-order valence-corrected chi connectivity index (χ1v) is 17.6. The molecule has 1 aromatic carbocycles. The number of ketones is 2. The number of hydrogen-bond donors (Lipinski definition) is 3. The van der Waals surface area contributed by atoms with E-state index in [1.807, 2.05) is 56.3 Å². The van der Waals surface area contributed by atoms with Crippen LogP contribution < -0.4 is 16.4 Å². The summed E-state index contributed by atoms with van der Waals surface area (Å²) in [4.78, 5) is 68.2. The van der Waals surface area contributed by atoms with Gasteiger partial charge in [0.1, 0.15) is 12.1 Å². The monoisotopic (exact) mass is 660 g/mol. The van der Waals surface area contributed by atoms with Gasteiger partial charge in [0, 0.05) is 40.9 Å². The van der Waals surface area contributed by atoms with Crippen LogP contribution in [0.25, 0.3) is 0 Å². The fourth-order valence-electron chi connectivity index (χ4n) is 6.55. The Bertz CT molecular complexity index is 1420. The SMILES string of the molecule is CC1=C(C)C(=O)C(CCCCC(NC(=O)C2CCCN2C(=O)[C@H](/C=C/[C@@H](N)CC(C)C)Cc2ccccc2)C(=O)NC(C)C)=C(C)C1=O. The number of nitrogens with zero attached hydrogens (tertiary/aromatic N) is 1. The summed E-state index contributed by atoms with van der Waals surface area (Å²) in [5.41, 5.74) is 9.35. The number of nitrogens with one attached hydrogen (secondary N) is 2. The summed E-state index contributed by atoms with van der Waals surface area (Å²) < 4.78 is 0. The quantitative estimate of drug-likeness (QED) is 0.128. The van der Waals surface area contributed by atoms with E-state index in [0.717, 1.165) is 12.0 Å². The molecule has 48 heavy (non-hydrogen) atoms. The van der Waals surface area contributed by atoms with Crippen LogP contribution in [-0.2, 0) is 30.4 Å². The average Bonchev–Trinajstić information content (AvgIpc) is 3.53. The number of likely N-dealkylation sites (tertiary alicyclic amines) is 1. The van der Waals surface area contributed by atoms with Gasteiger partial charge in [-0.3, -0.25) is 24.0 Å². The second kappa shape index (κ2) is 18.1. The number of unbranched alkanes of at least 4 members (excludes halogenated alkanes) is 1. The molecule has 0 aromatic heterocycles. The van der Waals surface area contributed by atoms with Crippen molar-refractivity contribution in [1.29, 1.82) is 0 Å². The highest BCUT2D eigenvalue weighted by atomic mass is 16.2. The summed E-state index contributed by atoms with van der Waals surface area (Å²) >= 11 is 0. The minimum atomic E-state index is -0.797. The fourth-order valence-corrected chi connectivity index (χ4v) is 6.55. The molecule has 1 aliphatic carbocycles. The number of carbonyl (C=O) groups excluding carboxylic acids is 5. The van der Waals surface area contributed by atoms with Crippen molar-refractivity contribution in [1.82, 2.24) is 15.5 Å². The highest BCUT2D eigenvalue weighted by Crippen LogP contribution is 2.28. The number of carbonyl (C=O) groups is 5. The van der Waals surface area contributed by atoms with Crippen LogP contribution in [0, 0.1) is 11.8 Å². The van der Waals surface area contributed by atoms with Crippen molar-refractivity contribution in [2.75, 3.05) is 6.54 Å². The molecule has 9 heteroatoms. The molecule has 1 aromatic rings. The molecule has 4 atom stereocenters. The number of Topliss-reactive ketones (excluding diaryl/α,β-unsaturated/α-hetero) is 2. The van der Waals surface area contributed by atoms with Gasteiger partial charge in [-0.1, -0.05) is 62.8 Å². The topological polar surface area (TPSA) is 139 Å². The first-order valence-electron chi connectivity index (χ1n) is 17.6. The average molecular weight is 661 g/mol. The Kier molecular flexibility index (Phi) is 14.5. The Morgan fingerprint density at radius 2 is 1.58 bits per heavy atom. The van der Waals surface area contributed by atoms with Gasteiger partial charge in [-0.15, -0.1) is 0 Å². The van der Waals surface area contributed by atoms with E-state index in [4.69, 9.17) is 5.73 Å². The Hall–Kier alpha value is -3.85. The van der Waals surface area contributed by atoms with Gasteiger partial charge in [0.05, 0.1) is 5.92 Å². The third-order valence-corrected chi connectivity index (χ3v) is 9.33. The van der Waals surface area contributed by atoms with Gasteiger partial charge < -0.3 is 21.3 Å². The van der Waals surface area contributed by atoms with Gasteiger partial charge in [-0.2, -0.15) is 0 Å². The van der Waals surface area contributed by atoms with E-state index in [0.29, 0.717) is 79.7 Å². The molecule has 1 heterocycles. The molecule has 2 unspecified atom stereocenters. The third-order valence-electron chi connectivity index (χ3n) is 9.33. The van der Waals surface area contributed by atoms with Crippen molar-refractivity contribution in [3.05, 3.63) is 70.3 Å². The second-order valence-electron chi connectivity index (χ2n) is 14.1. The molecule has 3 rings (SSSR count). The largest absolute Gasteiger partial charge is 0.352 e. The van der Waals surface area contributed by atoms with E-state index in [1.165, 1.54) is 0 Å². The molecule has 1 fully saturated rings. The van der Waals surface area contributed by atoms with Gasteiger partial charge in [0.15, 0.2) is 11.6 Å². The summed E-state index contributed by atoms with van der Waals surface area (Å²) in [6, 6.07) is 8.05. The minimum absolute atomic E-state index is 0.0969. The van der Waals surface area contributed by atoms with E-state index in [9.17, 15) is 24.0 Å². The zero-order chi connectivity index (χ0) is 35.5. The lowest BCUT2D eigenvalue weighted by molar-refractivity contribution is -0.141. The van der Waals surface area contributed by atoms with Gasteiger partial charge in [0.2, 0.25) is 17.7 Å². The van der Waals surface area contributed by atoms with Gasteiger partial charge in [-0.05, 0) is 91.0 Å². The number of benzene rings is 1. The van der Waals surface area contributed by atoms with Gasteiger partial charge in [0.25, 0.3) is 0 Å². The highest BCUT2D eigenvalue weighted by Gasteiger charge is 2.38. The first-order chi connectivity index (χ1) is 22.7. The second-order valence-corrected chi connectivity index (χ2v) is 14.1. The maximum Gasteiger partial charge on any atom is 0.243 e. The van der Waals surface area contributed by atoms with Crippen molar-refractivity contribution < 1.29 is 24.0 Å². The number of hydrogen-bond acceptors (Lipinski definition) is 6. The number of rotatable bonds is 16. The summed E-state index contributed by atoms with van der Waals surface area (Å²) in [6.07, 6.45) is 8.24. The lowest BCUT2D eigenvalue weighted by atomic mass is 9.84. The normalized spacial score (nSPS) is 19.0. The molecule has 0 saturated carbocycles. The maximum atomic E-state index is 14.1. The molecule has 2 aliphatic rings. The predicted molar refractivity (Wildman–Crippen MR) is 190 cm³/mol. The fraction of sp³-hybridized carbons (Fsp3) is 0.564. The molecule has 0 spiro atoms. The van der Waals surface area contributed by atoms with Crippen LogP contribution in [0.5, 0.6) is 0 Å². The van der Waals surface area contributed by atoms with Gasteiger partial charge >= 0.3 is 0 Å². The molecule has 1 saturated heterocycles. The van der Waals surface area contributed by atoms with Crippen LogP contribution in [0.3, 0.4) is 0 Å². The Morgan fingerprint density at radius 1 is 0.917 bits per heavy atom. The lowest BCUT2D eigenvalue weighted by Crippen LogP contribution is -2.54. The molecule has 9 nitrogen and oxygen atoms in total. The number of amides is 3. The molecule has 1 aliphatic heterocycles. The van der Waals surface area contributed by atoms with Crippen LogP contribution in [0.4, 0.5) is 0 Å². The van der Waals surface area contributed by atoms with Crippen LogP contribution in [0.2, 0.25) is 0 Å². The third kappa shape index (κ3) is 10.6. The Balaban J connectivity index is 1.72. The summed E-state index contributed by atoms with van der Waals surface area (Å²) in [5, 5.41) is 5.87. The summed E-state index contributed by atoms with van der Waals surface area (Å²) in [5.74, 6) is -1.000. The Labute approximate surface area is 286 Å². The first kappa shape index (κ1) is 38.6. The van der Waals surface area contributed by atoms with E-state index in [-0.39, 0.29) is 41.4 Å². The molecule has 4 N–H and O–H groups in total. The van der Waals surface area contributed by atoms with E-state index in [2.05, 4.69) is 24.5 Å². The molecule has 0 radical (unpaired) electrons. The highest BCUT2D eigenvalue weighted by molar-refractivity contribution is 6.24. The smallest absolute Gasteiger partial charge is 0.243 e. The molecule has 0 bridgehead atoms. The summed E-state index contributed by atoms with van der Waals surface area (Å²) in [6.45, 7) is 13.5. The predicted octanol–water partition coefficient (Wildman–Crippen LogP) is 5.14. The minimum Gasteiger partial charge on any atom is -0.352 e. The summed E-state index contributed by atoms with van der Waals surface area (Å²) in [7, 11) is 0.